The molecule has 0 saturated heterocycles. The Hall–Kier alpha value is -2.32. The van der Waals surface area contributed by atoms with E-state index in [1.165, 1.54) is 23.6 Å². The molecular formula is C16H20N6OS. The van der Waals surface area contributed by atoms with Crippen molar-refractivity contribution in [2.45, 2.75) is 11.7 Å². The fraction of sp³-hybridized carbons (Fsp3) is 0.312. The number of nitrogens with one attached hydrogen (secondary N) is 2. The van der Waals surface area contributed by atoms with Crippen LogP contribution in [0.3, 0.4) is 0 Å². The van der Waals surface area contributed by atoms with Crippen molar-refractivity contribution in [3.63, 3.8) is 0 Å². The first-order valence-corrected chi connectivity index (χ1v) is 8.62. The number of aromatic nitrogens is 4. The Morgan fingerprint density at radius 2 is 2.25 bits per heavy atom. The normalized spacial score (nSPS) is 11.3. The minimum atomic E-state index is -0.0669. The summed E-state index contributed by atoms with van der Waals surface area (Å²) in [4.78, 5) is 18.2. The number of fused-ring (bicyclic) bond motifs is 1. The van der Waals surface area contributed by atoms with Gasteiger partial charge in [0.05, 0.1) is 5.75 Å². The Balaban J connectivity index is 1.62. The van der Waals surface area contributed by atoms with Crippen LogP contribution >= 0.6 is 11.8 Å². The van der Waals surface area contributed by atoms with Gasteiger partial charge in [-0.2, -0.15) is 5.10 Å². The second-order valence-electron chi connectivity index (χ2n) is 5.71. The Morgan fingerprint density at radius 3 is 3.00 bits per heavy atom. The van der Waals surface area contributed by atoms with Crippen LogP contribution in [0.1, 0.15) is 0 Å². The maximum Gasteiger partial charge on any atom is 0.234 e. The van der Waals surface area contributed by atoms with Crippen LogP contribution in [0.15, 0.2) is 41.9 Å². The lowest BCUT2D eigenvalue weighted by atomic mass is 10.2. The summed E-state index contributed by atoms with van der Waals surface area (Å²) in [6, 6.07) is 8.05. The van der Waals surface area contributed by atoms with Crippen LogP contribution in [0.4, 0.5) is 5.69 Å². The van der Waals surface area contributed by atoms with Crippen molar-refractivity contribution in [3.8, 4) is 0 Å². The molecule has 0 aliphatic carbocycles. The van der Waals surface area contributed by atoms with E-state index in [1.807, 2.05) is 18.2 Å². The van der Waals surface area contributed by atoms with Crippen LogP contribution in [0, 0.1) is 0 Å². The van der Waals surface area contributed by atoms with E-state index >= 15 is 0 Å². The number of nitrogens with zero attached hydrogens (tertiary/aromatic N) is 4. The SMILES string of the molecule is CN(C)CCn1ccc2cc(NC(=O)CSc3ncn[nH]3)ccc21. The highest BCUT2D eigenvalue weighted by atomic mass is 32.2. The summed E-state index contributed by atoms with van der Waals surface area (Å²) in [5, 5.41) is 11.1. The molecule has 0 spiro atoms. The van der Waals surface area contributed by atoms with E-state index in [4.69, 9.17) is 0 Å². The quantitative estimate of drug-likeness (QED) is 0.641. The van der Waals surface area contributed by atoms with Crippen LogP contribution < -0.4 is 5.32 Å². The minimum Gasteiger partial charge on any atom is -0.346 e. The number of aromatic amines is 1. The first-order valence-electron chi connectivity index (χ1n) is 7.63. The smallest absolute Gasteiger partial charge is 0.234 e. The fourth-order valence-corrected chi connectivity index (χ4v) is 2.95. The van der Waals surface area contributed by atoms with E-state index in [1.54, 1.807) is 0 Å². The molecule has 126 valence electrons. The maximum atomic E-state index is 12.0. The highest BCUT2D eigenvalue weighted by Gasteiger charge is 2.07. The standard InChI is InChI=1S/C16H20N6OS/c1-21(2)7-8-22-6-5-12-9-13(3-4-14(12)22)19-15(23)10-24-16-17-11-18-20-16/h3-6,9,11H,7-8,10H2,1-2H3,(H,19,23)(H,17,18,20). The van der Waals surface area contributed by atoms with Crippen molar-refractivity contribution in [1.82, 2.24) is 24.6 Å². The Morgan fingerprint density at radius 1 is 1.38 bits per heavy atom. The van der Waals surface area contributed by atoms with Gasteiger partial charge in [-0.3, -0.25) is 9.89 Å². The average Bonchev–Trinajstić information content (AvgIpc) is 3.20. The number of anilines is 1. The molecule has 0 atom stereocenters. The Bertz CT molecular complexity index is 811. The van der Waals surface area contributed by atoms with E-state index in [-0.39, 0.29) is 11.7 Å². The number of amides is 1. The molecule has 0 bridgehead atoms. The molecule has 0 unspecified atom stereocenters. The topological polar surface area (TPSA) is 78.8 Å². The average molecular weight is 344 g/mol. The molecule has 2 aromatic heterocycles. The zero-order valence-corrected chi connectivity index (χ0v) is 14.5. The van der Waals surface area contributed by atoms with E-state index in [0.29, 0.717) is 5.16 Å². The molecular weight excluding hydrogens is 324 g/mol. The number of rotatable bonds is 7. The summed E-state index contributed by atoms with van der Waals surface area (Å²) < 4.78 is 2.22. The molecule has 0 aliphatic heterocycles. The minimum absolute atomic E-state index is 0.0669. The largest absolute Gasteiger partial charge is 0.346 e. The van der Waals surface area contributed by atoms with E-state index in [0.717, 1.165) is 24.2 Å². The van der Waals surface area contributed by atoms with E-state index < -0.39 is 0 Å². The van der Waals surface area contributed by atoms with Crippen molar-refractivity contribution in [1.29, 1.82) is 0 Å². The molecule has 0 saturated carbocycles. The summed E-state index contributed by atoms with van der Waals surface area (Å²) in [6.07, 6.45) is 3.51. The zero-order chi connectivity index (χ0) is 16.9. The van der Waals surface area contributed by atoms with Gasteiger partial charge in [-0.25, -0.2) is 4.98 Å². The first-order chi connectivity index (χ1) is 11.6. The molecule has 7 nitrogen and oxygen atoms in total. The summed E-state index contributed by atoms with van der Waals surface area (Å²) in [5.74, 6) is 0.222. The lowest BCUT2D eigenvalue weighted by Crippen LogP contribution is -2.17. The monoisotopic (exact) mass is 344 g/mol. The lowest BCUT2D eigenvalue weighted by molar-refractivity contribution is -0.113. The molecule has 0 radical (unpaired) electrons. The summed E-state index contributed by atoms with van der Waals surface area (Å²) >= 11 is 1.32. The van der Waals surface area contributed by atoms with Gasteiger partial charge in [0.1, 0.15) is 6.33 Å². The number of H-pyrrole nitrogens is 1. The number of benzene rings is 1. The lowest BCUT2D eigenvalue weighted by Gasteiger charge is -2.11. The van der Waals surface area contributed by atoms with Crippen molar-refractivity contribution >= 4 is 34.3 Å². The second-order valence-corrected chi connectivity index (χ2v) is 6.68. The molecule has 0 aliphatic rings. The molecule has 24 heavy (non-hydrogen) atoms. The molecule has 2 heterocycles. The number of hydrogen-bond acceptors (Lipinski definition) is 5. The highest BCUT2D eigenvalue weighted by molar-refractivity contribution is 7.99. The molecule has 1 amide bonds. The van der Waals surface area contributed by atoms with Crippen molar-refractivity contribution in [2.24, 2.45) is 0 Å². The summed E-state index contributed by atoms with van der Waals surface area (Å²) in [5.41, 5.74) is 1.97. The van der Waals surface area contributed by atoms with Gasteiger partial charge in [0.15, 0.2) is 5.16 Å². The third kappa shape index (κ3) is 4.15. The van der Waals surface area contributed by atoms with Gasteiger partial charge in [-0.05, 0) is 38.4 Å². The molecule has 0 fully saturated rings. The van der Waals surface area contributed by atoms with Gasteiger partial charge in [-0.1, -0.05) is 11.8 Å². The second kappa shape index (κ2) is 7.50. The molecule has 3 aromatic rings. The molecule has 8 heteroatoms. The molecule has 3 rings (SSSR count). The number of likely N-dealkylation sites (N-methyl/N-ethyl adjacent to an activating group) is 1. The summed E-state index contributed by atoms with van der Waals surface area (Å²) in [7, 11) is 4.13. The van der Waals surface area contributed by atoms with Crippen LogP contribution in [0.2, 0.25) is 0 Å². The third-order valence-electron chi connectivity index (χ3n) is 3.58. The predicted molar refractivity (Wildman–Crippen MR) is 96.2 cm³/mol. The van der Waals surface area contributed by atoms with Gasteiger partial charge in [-0.15, -0.1) is 0 Å². The zero-order valence-electron chi connectivity index (χ0n) is 13.7. The predicted octanol–water partition coefficient (Wildman–Crippen LogP) is 2.05. The maximum absolute atomic E-state index is 12.0. The van der Waals surface area contributed by atoms with Gasteiger partial charge in [0, 0.05) is 35.9 Å². The van der Waals surface area contributed by atoms with Crippen LogP contribution in [-0.2, 0) is 11.3 Å². The number of thioether (sulfide) groups is 1. The van der Waals surface area contributed by atoms with Crippen molar-refractivity contribution in [2.75, 3.05) is 31.7 Å². The number of hydrogen-bond donors (Lipinski definition) is 2. The van der Waals surface area contributed by atoms with E-state index in [2.05, 4.69) is 56.3 Å². The molecule has 1 aromatic carbocycles. The Labute approximate surface area is 144 Å². The van der Waals surface area contributed by atoms with Crippen molar-refractivity contribution in [3.05, 3.63) is 36.8 Å². The van der Waals surface area contributed by atoms with Gasteiger partial charge < -0.3 is 14.8 Å². The van der Waals surface area contributed by atoms with Crippen LogP contribution in [0.5, 0.6) is 0 Å². The van der Waals surface area contributed by atoms with Gasteiger partial charge >= 0.3 is 0 Å². The van der Waals surface area contributed by atoms with Gasteiger partial charge in [0.2, 0.25) is 5.91 Å². The number of carbonyl (C=O) groups is 1. The van der Waals surface area contributed by atoms with E-state index in [9.17, 15) is 4.79 Å². The summed E-state index contributed by atoms with van der Waals surface area (Å²) in [6.45, 7) is 1.93. The fourth-order valence-electron chi connectivity index (χ4n) is 2.38. The number of carbonyl (C=O) groups excluding carboxylic acids is 1. The Kier molecular flexibility index (Phi) is 5.17. The van der Waals surface area contributed by atoms with Gasteiger partial charge in [0.25, 0.3) is 0 Å². The van der Waals surface area contributed by atoms with Crippen LogP contribution in [0.25, 0.3) is 10.9 Å². The molecule has 2 N–H and O–H groups in total. The van der Waals surface area contributed by atoms with Crippen molar-refractivity contribution < 1.29 is 4.79 Å². The van der Waals surface area contributed by atoms with Crippen LogP contribution in [-0.4, -0.2) is 56.9 Å². The first kappa shape index (κ1) is 16.5. The third-order valence-corrected chi connectivity index (χ3v) is 4.45. The highest BCUT2D eigenvalue weighted by Crippen LogP contribution is 2.21.